The van der Waals surface area contributed by atoms with Gasteiger partial charge >= 0.3 is 0 Å². The third kappa shape index (κ3) is 3.72. The fourth-order valence-electron chi connectivity index (χ4n) is 8.16. The molecule has 0 bridgehead atoms. The van der Waals surface area contributed by atoms with Crippen LogP contribution in [0.15, 0.2) is 36.0 Å². The summed E-state index contributed by atoms with van der Waals surface area (Å²) in [5.41, 5.74) is 0.0967. The Morgan fingerprint density at radius 3 is 2.79 bits per heavy atom. The Morgan fingerprint density at radius 2 is 2.03 bits per heavy atom. The van der Waals surface area contributed by atoms with Crippen LogP contribution >= 0.6 is 11.8 Å². The van der Waals surface area contributed by atoms with E-state index in [0.717, 1.165) is 43.6 Å². The standard InChI is InChI=1S/C28H37NO4S/c1-26-11-8-20(30)15-18(26)6-7-21-22-9-12-28(33,27(22,2)16-23(31)25(21)26)24(32)17-34-14-10-19-5-3-4-13-29-19/h3-5,13,15,21-23,25,31,33H,6-12,14,16-17H2,1-2H3/t21?,22?,23?,25?,26?,27?,28-/m0/s1. The van der Waals surface area contributed by atoms with Crippen LogP contribution in [-0.2, 0) is 16.0 Å². The first kappa shape index (κ1) is 24.2. The Labute approximate surface area is 206 Å². The van der Waals surface area contributed by atoms with Gasteiger partial charge in [0.05, 0.1) is 11.9 Å². The molecule has 184 valence electrons. The minimum absolute atomic E-state index is 0.0833. The molecule has 1 aromatic heterocycles. The Kier molecular flexibility index (Phi) is 6.31. The highest BCUT2D eigenvalue weighted by Gasteiger charge is 2.68. The van der Waals surface area contributed by atoms with Gasteiger partial charge < -0.3 is 10.2 Å². The number of rotatable bonds is 6. The molecule has 5 nitrogen and oxygen atoms in total. The predicted octanol–water partition coefficient (Wildman–Crippen LogP) is 4.16. The van der Waals surface area contributed by atoms with Gasteiger partial charge in [-0.2, -0.15) is 11.8 Å². The molecule has 6 heteroatoms. The molecule has 7 atom stereocenters. The first-order valence-corrected chi connectivity index (χ1v) is 14.0. The molecule has 3 fully saturated rings. The topological polar surface area (TPSA) is 87.5 Å². The molecule has 6 unspecified atom stereocenters. The number of hydrogen-bond donors (Lipinski definition) is 2. The Morgan fingerprint density at radius 1 is 1.21 bits per heavy atom. The molecular formula is C28H37NO4S. The zero-order valence-corrected chi connectivity index (χ0v) is 21.2. The van der Waals surface area contributed by atoms with Gasteiger partial charge in [0.15, 0.2) is 11.6 Å². The van der Waals surface area contributed by atoms with E-state index in [1.807, 2.05) is 24.3 Å². The van der Waals surface area contributed by atoms with Crippen LogP contribution < -0.4 is 0 Å². The molecule has 0 aliphatic heterocycles. The number of pyridine rings is 1. The van der Waals surface area contributed by atoms with E-state index in [0.29, 0.717) is 25.0 Å². The summed E-state index contributed by atoms with van der Waals surface area (Å²) in [4.78, 5) is 29.8. The molecule has 0 aromatic carbocycles. The van der Waals surface area contributed by atoms with Crippen molar-refractivity contribution in [2.45, 2.75) is 76.9 Å². The molecule has 1 heterocycles. The first-order chi connectivity index (χ1) is 16.2. The van der Waals surface area contributed by atoms with E-state index in [1.165, 1.54) is 5.57 Å². The van der Waals surface area contributed by atoms with Crippen molar-refractivity contribution in [3.63, 3.8) is 0 Å². The monoisotopic (exact) mass is 483 g/mol. The third-order valence-electron chi connectivity index (χ3n) is 9.97. The maximum absolute atomic E-state index is 13.4. The van der Waals surface area contributed by atoms with Gasteiger partial charge in [-0.05, 0) is 92.1 Å². The van der Waals surface area contributed by atoms with Crippen molar-refractivity contribution in [3.8, 4) is 0 Å². The SMILES string of the molecule is CC12CCC(=O)C=C1CCC1C2C(O)CC2(C)C1CC[C@]2(O)C(=O)CSCCc1ccccn1. The molecule has 34 heavy (non-hydrogen) atoms. The first-order valence-electron chi connectivity index (χ1n) is 12.8. The summed E-state index contributed by atoms with van der Waals surface area (Å²) in [7, 11) is 0. The van der Waals surface area contributed by atoms with E-state index in [4.69, 9.17) is 0 Å². The fourth-order valence-corrected chi connectivity index (χ4v) is 9.08. The van der Waals surface area contributed by atoms with Crippen molar-refractivity contribution in [1.82, 2.24) is 4.98 Å². The lowest BCUT2D eigenvalue weighted by Crippen LogP contribution is -2.62. The van der Waals surface area contributed by atoms with E-state index < -0.39 is 17.1 Å². The molecule has 4 aliphatic rings. The number of hydrogen-bond acceptors (Lipinski definition) is 6. The highest BCUT2D eigenvalue weighted by Crippen LogP contribution is 2.67. The molecule has 5 rings (SSSR count). The van der Waals surface area contributed by atoms with Crippen molar-refractivity contribution < 1.29 is 19.8 Å². The summed E-state index contributed by atoms with van der Waals surface area (Å²) in [6, 6.07) is 5.86. The highest BCUT2D eigenvalue weighted by atomic mass is 32.2. The molecule has 4 aliphatic carbocycles. The van der Waals surface area contributed by atoms with Crippen LogP contribution in [0.25, 0.3) is 0 Å². The number of carbonyl (C=O) groups excluding carboxylic acids is 2. The number of aryl methyl sites for hydroxylation is 1. The number of aliphatic hydroxyl groups is 2. The summed E-state index contributed by atoms with van der Waals surface area (Å²) in [5, 5.41) is 23.3. The lowest BCUT2D eigenvalue weighted by molar-refractivity contribution is -0.178. The van der Waals surface area contributed by atoms with Crippen molar-refractivity contribution in [3.05, 3.63) is 41.7 Å². The van der Waals surface area contributed by atoms with Gasteiger partial charge in [0.2, 0.25) is 0 Å². The Balaban J connectivity index is 1.30. The van der Waals surface area contributed by atoms with Gasteiger partial charge in [0, 0.05) is 23.7 Å². The van der Waals surface area contributed by atoms with Crippen LogP contribution in [0.4, 0.5) is 0 Å². The quantitative estimate of drug-likeness (QED) is 0.591. The van der Waals surface area contributed by atoms with Crippen molar-refractivity contribution >= 4 is 23.3 Å². The lowest BCUT2D eigenvalue weighted by atomic mass is 9.45. The molecule has 0 spiro atoms. The maximum Gasteiger partial charge on any atom is 0.174 e. The number of carbonyl (C=O) groups is 2. The predicted molar refractivity (Wildman–Crippen MR) is 133 cm³/mol. The van der Waals surface area contributed by atoms with Crippen LogP contribution in [0.3, 0.4) is 0 Å². The molecule has 3 saturated carbocycles. The Bertz CT molecular complexity index is 995. The normalized spacial score (nSPS) is 41.3. The van der Waals surface area contributed by atoms with Gasteiger partial charge in [-0.1, -0.05) is 25.5 Å². The summed E-state index contributed by atoms with van der Waals surface area (Å²) in [6.45, 7) is 4.29. The summed E-state index contributed by atoms with van der Waals surface area (Å²) < 4.78 is 0. The molecular weight excluding hydrogens is 446 g/mol. The average Bonchev–Trinajstić information content (AvgIpc) is 3.08. The van der Waals surface area contributed by atoms with Gasteiger partial charge in [-0.3, -0.25) is 14.6 Å². The van der Waals surface area contributed by atoms with Gasteiger partial charge in [0.1, 0.15) is 5.60 Å². The largest absolute Gasteiger partial charge is 0.393 e. The zero-order chi connectivity index (χ0) is 24.1. The minimum Gasteiger partial charge on any atom is -0.393 e. The van der Waals surface area contributed by atoms with Crippen LogP contribution in [0.5, 0.6) is 0 Å². The van der Waals surface area contributed by atoms with E-state index in [9.17, 15) is 19.8 Å². The average molecular weight is 484 g/mol. The molecule has 1 aromatic rings. The third-order valence-corrected chi connectivity index (χ3v) is 10.9. The second-order valence-electron chi connectivity index (χ2n) is 11.5. The number of thioether (sulfide) groups is 1. The summed E-state index contributed by atoms with van der Waals surface area (Å²) in [5.74, 6) is 1.82. The van der Waals surface area contributed by atoms with Crippen LogP contribution in [0.2, 0.25) is 0 Å². The van der Waals surface area contributed by atoms with E-state index in [-0.39, 0.29) is 34.7 Å². The van der Waals surface area contributed by atoms with Crippen molar-refractivity contribution in [2.75, 3.05) is 11.5 Å². The summed E-state index contributed by atoms with van der Waals surface area (Å²) in [6.07, 6.45) is 8.81. The van der Waals surface area contributed by atoms with Gasteiger partial charge in [-0.15, -0.1) is 0 Å². The zero-order valence-electron chi connectivity index (χ0n) is 20.3. The number of aliphatic hydroxyl groups excluding tert-OH is 1. The minimum atomic E-state index is -1.37. The molecule has 0 saturated heterocycles. The van der Waals surface area contributed by atoms with Gasteiger partial charge in [0.25, 0.3) is 0 Å². The van der Waals surface area contributed by atoms with E-state index in [1.54, 1.807) is 18.0 Å². The van der Waals surface area contributed by atoms with Crippen LogP contribution in [-0.4, -0.2) is 50.0 Å². The smallest absolute Gasteiger partial charge is 0.174 e. The Hall–Kier alpha value is -1.50. The number of Topliss-reactive ketones (excluding diaryl/α,β-unsaturated/α-hetero) is 1. The summed E-state index contributed by atoms with van der Waals surface area (Å²) >= 11 is 1.57. The van der Waals surface area contributed by atoms with Crippen LogP contribution in [0.1, 0.15) is 64.5 Å². The number of allylic oxidation sites excluding steroid dienone is 1. The maximum atomic E-state index is 13.4. The lowest BCUT2D eigenvalue weighted by Gasteiger charge is -2.60. The second kappa shape index (κ2) is 8.86. The molecule has 0 radical (unpaired) electrons. The van der Waals surface area contributed by atoms with Crippen molar-refractivity contribution in [1.29, 1.82) is 0 Å². The fraction of sp³-hybridized carbons (Fsp3) is 0.679. The number of aromatic nitrogens is 1. The van der Waals surface area contributed by atoms with Crippen LogP contribution in [0, 0.1) is 28.6 Å². The number of nitrogens with zero attached hydrogens (tertiary/aromatic N) is 1. The highest BCUT2D eigenvalue weighted by molar-refractivity contribution is 7.99. The second-order valence-corrected chi connectivity index (χ2v) is 12.6. The van der Waals surface area contributed by atoms with E-state index in [2.05, 4.69) is 18.8 Å². The van der Waals surface area contributed by atoms with Gasteiger partial charge in [-0.25, -0.2) is 0 Å². The molecule has 0 amide bonds. The molecule has 2 N–H and O–H groups in total. The van der Waals surface area contributed by atoms with E-state index >= 15 is 0 Å². The number of fused-ring (bicyclic) bond motifs is 5. The number of ketones is 2. The van der Waals surface area contributed by atoms with Crippen molar-refractivity contribution in [2.24, 2.45) is 28.6 Å².